The second kappa shape index (κ2) is 4.19. The van der Waals surface area contributed by atoms with Crippen molar-refractivity contribution < 1.29 is 4.39 Å². The van der Waals surface area contributed by atoms with Crippen LogP contribution in [0, 0.1) is 0 Å². The minimum absolute atomic E-state index is 0.190. The fourth-order valence-electron chi connectivity index (χ4n) is 1.72. The summed E-state index contributed by atoms with van der Waals surface area (Å²) in [5, 5.41) is 3.43. The lowest BCUT2D eigenvalue weighted by atomic mass is 10.0. The normalized spacial score (nSPS) is 24.2. The van der Waals surface area contributed by atoms with E-state index in [4.69, 9.17) is 0 Å². The standard InChI is InChI=1S/C9H19FN2/c1-9(2)8-12(6-3-4-10)7-5-11-9/h11H,3-8H2,1-2H3. The maximum atomic E-state index is 11.9. The lowest BCUT2D eigenvalue weighted by Crippen LogP contribution is -2.57. The van der Waals surface area contributed by atoms with Crippen molar-refractivity contribution in [3.8, 4) is 0 Å². The molecule has 72 valence electrons. The van der Waals surface area contributed by atoms with Crippen molar-refractivity contribution in [1.29, 1.82) is 0 Å². The van der Waals surface area contributed by atoms with E-state index >= 15 is 0 Å². The highest BCUT2D eigenvalue weighted by molar-refractivity contribution is 4.86. The molecule has 1 aliphatic heterocycles. The zero-order chi connectivity index (χ0) is 9.03. The molecular weight excluding hydrogens is 155 g/mol. The smallest absolute Gasteiger partial charge is 0.0906 e. The van der Waals surface area contributed by atoms with Crippen LogP contribution in [-0.4, -0.2) is 43.3 Å². The fraction of sp³-hybridized carbons (Fsp3) is 1.00. The van der Waals surface area contributed by atoms with Crippen LogP contribution in [0.15, 0.2) is 0 Å². The molecule has 1 rings (SSSR count). The number of alkyl halides is 1. The molecule has 0 saturated carbocycles. The summed E-state index contributed by atoms with van der Waals surface area (Å²) in [6.07, 6.45) is 0.677. The predicted octanol–water partition coefficient (Wildman–Crippen LogP) is 1.03. The summed E-state index contributed by atoms with van der Waals surface area (Å²) in [7, 11) is 0. The van der Waals surface area contributed by atoms with Gasteiger partial charge >= 0.3 is 0 Å². The van der Waals surface area contributed by atoms with Gasteiger partial charge in [0.1, 0.15) is 0 Å². The lowest BCUT2D eigenvalue weighted by Gasteiger charge is -2.39. The van der Waals surface area contributed by atoms with Crippen LogP contribution in [0.2, 0.25) is 0 Å². The largest absolute Gasteiger partial charge is 0.309 e. The Hall–Kier alpha value is -0.150. The van der Waals surface area contributed by atoms with Crippen LogP contribution in [0.4, 0.5) is 4.39 Å². The van der Waals surface area contributed by atoms with Crippen molar-refractivity contribution in [3.63, 3.8) is 0 Å². The number of nitrogens with zero attached hydrogens (tertiary/aromatic N) is 1. The topological polar surface area (TPSA) is 15.3 Å². The Morgan fingerprint density at radius 2 is 2.25 bits per heavy atom. The molecule has 1 aliphatic rings. The molecular formula is C9H19FN2. The van der Waals surface area contributed by atoms with Gasteiger partial charge in [-0.3, -0.25) is 4.39 Å². The van der Waals surface area contributed by atoms with Crippen molar-refractivity contribution in [2.75, 3.05) is 32.9 Å². The van der Waals surface area contributed by atoms with E-state index in [1.54, 1.807) is 0 Å². The molecule has 0 amide bonds. The van der Waals surface area contributed by atoms with Gasteiger partial charge in [0, 0.05) is 31.7 Å². The Labute approximate surface area is 74.1 Å². The van der Waals surface area contributed by atoms with E-state index in [0.29, 0.717) is 6.42 Å². The molecule has 0 unspecified atom stereocenters. The Bertz CT molecular complexity index is 136. The minimum atomic E-state index is -0.190. The number of hydrogen-bond donors (Lipinski definition) is 1. The SMILES string of the molecule is CC1(C)CN(CCCF)CCN1. The van der Waals surface area contributed by atoms with E-state index in [2.05, 4.69) is 24.1 Å². The van der Waals surface area contributed by atoms with Crippen molar-refractivity contribution >= 4 is 0 Å². The van der Waals surface area contributed by atoms with Crippen molar-refractivity contribution in [2.45, 2.75) is 25.8 Å². The van der Waals surface area contributed by atoms with Crippen LogP contribution >= 0.6 is 0 Å². The van der Waals surface area contributed by atoms with Gasteiger partial charge in [-0.15, -0.1) is 0 Å². The van der Waals surface area contributed by atoms with E-state index in [1.807, 2.05) is 0 Å². The quantitative estimate of drug-likeness (QED) is 0.687. The van der Waals surface area contributed by atoms with Crippen LogP contribution < -0.4 is 5.32 Å². The summed E-state index contributed by atoms with van der Waals surface area (Å²) >= 11 is 0. The molecule has 1 fully saturated rings. The summed E-state index contributed by atoms with van der Waals surface area (Å²) in [6, 6.07) is 0. The molecule has 1 N–H and O–H groups in total. The number of nitrogens with one attached hydrogen (secondary N) is 1. The number of hydrogen-bond acceptors (Lipinski definition) is 2. The maximum absolute atomic E-state index is 11.9. The highest BCUT2D eigenvalue weighted by Crippen LogP contribution is 2.09. The molecule has 3 heteroatoms. The number of piperazine rings is 1. The Morgan fingerprint density at radius 1 is 1.50 bits per heavy atom. The predicted molar refractivity (Wildman–Crippen MR) is 49.1 cm³/mol. The molecule has 12 heavy (non-hydrogen) atoms. The second-order valence-electron chi connectivity index (χ2n) is 4.13. The molecule has 0 aromatic carbocycles. The Balaban J connectivity index is 2.26. The lowest BCUT2D eigenvalue weighted by molar-refractivity contribution is 0.150. The first kappa shape index (κ1) is 9.93. The highest BCUT2D eigenvalue weighted by atomic mass is 19.1. The van der Waals surface area contributed by atoms with Crippen molar-refractivity contribution in [1.82, 2.24) is 10.2 Å². The summed E-state index contributed by atoms with van der Waals surface area (Å²) < 4.78 is 11.9. The molecule has 0 aliphatic carbocycles. The summed E-state index contributed by atoms with van der Waals surface area (Å²) in [4.78, 5) is 2.33. The molecule has 1 heterocycles. The molecule has 2 nitrogen and oxygen atoms in total. The van der Waals surface area contributed by atoms with Gasteiger partial charge in [-0.2, -0.15) is 0 Å². The van der Waals surface area contributed by atoms with Crippen molar-refractivity contribution in [2.24, 2.45) is 0 Å². The fourth-order valence-corrected chi connectivity index (χ4v) is 1.72. The number of halogens is 1. The van der Waals surface area contributed by atoms with Crippen LogP contribution in [0.3, 0.4) is 0 Å². The zero-order valence-electron chi connectivity index (χ0n) is 8.07. The van der Waals surface area contributed by atoms with Crippen LogP contribution in [0.5, 0.6) is 0 Å². The summed E-state index contributed by atoms with van der Waals surface area (Å²) in [5.74, 6) is 0. The first-order chi connectivity index (χ1) is 5.64. The zero-order valence-corrected chi connectivity index (χ0v) is 8.07. The first-order valence-corrected chi connectivity index (χ1v) is 4.67. The summed E-state index contributed by atoms with van der Waals surface area (Å²) in [5.41, 5.74) is 0.203. The maximum Gasteiger partial charge on any atom is 0.0906 e. The van der Waals surface area contributed by atoms with E-state index in [-0.39, 0.29) is 12.2 Å². The highest BCUT2D eigenvalue weighted by Gasteiger charge is 2.24. The van der Waals surface area contributed by atoms with Gasteiger partial charge in [-0.1, -0.05) is 0 Å². The molecule has 0 aromatic heterocycles. The minimum Gasteiger partial charge on any atom is -0.309 e. The third-order valence-corrected chi connectivity index (χ3v) is 2.26. The van der Waals surface area contributed by atoms with Crippen molar-refractivity contribution in [3.05, 3.63) is 0 Å². The average molecular weight is 174 g/mol. The second-order valence-corrected chi connectivity index (χ2v) is 4.13. The average Bonchev–Trinajstić information content (AvgIpc) is 1.99. The molecule has 0 bridgehead atoms. The van der Waals surface area contributed by atoms with Crippen LogP contribution in [-0.2, 0) is 0 Å². The van der Waals surface area contributed by atoms with Gasteiger partial charge < -0.3 is 10.2 Å². The van der Waals surface area contributed by atoms with E-state index in [1.165, 1.54) is 0 Å². The van der Waals surface area contributed by atoms with Gasteiger partial charge in [0.05, 0.1) is 6.67 Å². The summed E-state index contributed by atoms with van der Waals surface area (Å²) in [6.45, 7) is 8.21. The van der Waals surface area contributed by atoms with E-state index < -0.39 is 0 Å². The number of rotatable bonds is 3. The molecule has 0 aromatic rings. The third-order valence-electron chi connectivity index (χ3n) is 2.26. The van der Waals surface area contributed by atoms with Gasteiger partial charge in [-0.05, 0) is 20.3 Å². The van der Waals surface area contributed by atoms with E-state index in [0.717, 1.165) is 26.2 Å². The Morgan fingerprint density at radius 3 is 2.83 bits per heavy atom. The third kappa shape index (κ3) is 3.07. The molecule has 0 radical (unpaired) electrons. The van der Waals surface area contributed by atoms with E-state index in [9.17, 15) is 4.39 Å². The van der Waals surface area contributed by atoms with Gasteiger partial charge in [0.25, 0.3) is 0 Å². The molecule has 1 saturated heterocycles. The van der Waals surface area contributed by atoms with Gasteiger partial charge in [0.2, 0.25) is 0 Å². The van der Waals surface area contributed by atoms with Gasteiger partial charge in [-0.25, -0.2) is 0 Å². The van der Waals surface area contributed by atoms with Gasteiger partial charge in [0.15, 0.2) is 0 Å². The molecule has 0 spiro atoms. The Kier molecular flexibility index (Phi) is 3.47. The van der Waals surface area contributed by atoms with Crippen LogP contribution in [0.25, 0.3) is 0 Å². The first-order valence-electron chi connectivity index (χ1n) is 4.67. The monoisotopic (exact) mass is 174 g/mol. The molecule has 0 atom stereocenters. The van der Waals surface area contributed by atoms with Crippen LogP contribution in [0.1, 0.15) is 20.3 Å².